The number of methoxy groups -OCH3 is 5. The van der Waals surface area contributed by atoms with Crippen molar-refractivity contribution in [3.05, 3.63) is 47.5 Å². The van der Waals surface area contributed by atoms with Gasteiger partial charge in [0, 0.05) is 13.7 Å². The lowest BCUT2D eigenvalue weighted by atomic mass is 9.66. The van der Waals surface area contributed by atoms with E-state index in [0.29, 0.717) is 17.9 Å². The Hall–Kier alpha value is -2.95. The normalized spacial score (nSPS) is 13.1. The van der Waals surface area contributed by atoms with E-state index in [1.807, 2.05) is 44.2 Å². The van der Waals surface area contributed by atoms with Crippen LogP contribution >= 0.6 is 0 Å². The second-order valence-electron chi connectivity index (χ2n) is 9.15. The average molecular weight is 485 g/mol. The number of benzene rings is 2. The summed E-state index contributed by atoms with van der Waals surface area (Å²) >= 11 is 0. The molecule has 2 aromatic rings. The monoisotopic (exact) mass is 484 g/mol. The Balaban J connectivity index is 2.13. The fraction of sp³-hybridized carbons (Fsp3) is 0.536. The summed E-state index contributed by atoms with van der Waals surface area (Å²) in [5, 5.41) is 10.5. The molecule has 2 aromatic carbocycles. The van der Waals surface area contributed by atoms with Crippen LogP contribution in [0.3, 0.4) is 0 Å². The SMILES string of the molecule is COc1ccc(CCN(C)CCC[C@](C#N)(c2ccc(OC)c(OC)c2)C(C)(C)OC)cc1OC. The van der Waals surface area contributed by atoms with Gasteiger partial charge in [0.2, 0.25) is 0 Å². The minimum absolute atomic E-state index is 0.601. The summed E-state index contributed by atoms with van der Waals surface area (Å²) < 4.78 is 27.5. The van der Waals surface area contributed by atoms with E-state index in [1.165, 1.54) is 5.56 Å². The van der Waals surface area contributed by atoms with Crippen molar-refractivity contribution >= 4 is 0 Å². The summed E-state index contributed by atoms with van der Waals surface area (Å²) in [6.45, 7) is 5.67. The van der Waals surface area contributed by atoms with Gasteiger partial charge in [-0.25, -0.2) is 0 Å². The van der Waals surface area contributed by atoms with E-state index in [-0.39, 0.29) is 0 Å². The first-order valence-electron chi connectivity index (χ1n) is 11.8. The summed E-state index contributed by atoms with van der Waals surface area (Å²) in [6.07, 6.45) is 2.36. The third-order valence-electron chi connectivity index (χ3n) is 6.93. The van der Waals surface area contributed by atoms with Gasteiger partial charge in [-0.15, -0.1) is 0 Å². The summed E-state index contributed by atoms with van der Waals surface area (Å²) in [6, 6.07) is 14.3. The van der Waals surface area contributed by atoms with Gasteiger partial charge in [0.05, 0.1) is 40.1 Å². The van der Waals surface area contributed by atoms with Crippen LogP contribution in [0.4, 0.5) is 0 Å². The first kappa shape index (κ1) is 28.3. The van der Waals surface area contributed by atoms with E-state index in [1.54, 1.807) is 35.5 Å². The van der Waals surface area contributed by atoms with Crippen molar-refractivity contribution in [1.29, 1.82) is 5.26 Å². The highest BCUT2D eigenvalue weighted by Crippen LogP contribution is 2.44. The van der Waals surface area contributed by atoms with E-state index < -0.39 is 11.0 Å². The van der Waals surface area contributed by atoms with Crippen LogP contribution in [0.5, 0.6) is 23.0 Å². The molecule has 0 unspecified atom stereocenters. The smallest absolute Gasteiger partial charge is 0.161 e. The van der Waals surface area contributed by atoms with E-state index in [0.717, 1.165) is 43.0 Å². The number of rotatable bonds is 14. The molecule has 0 bridgehead atoms. The Morgan fingerprint density at radius 3 is 1.91 bits per heavy atom. The molecule has 0 saturated heterocycles. The van der Waals surface area contributed by atoms with Crippen molar-refractivity contribution in [2.75, 3.05) is 55.7 Å². The zero-order chi connectivity index (χ0) is 26.1. The average Bonchev–Trinajstić information content (AvgIpc) is 2.89. The second-order valence-corrected chi connectivity index (χ2v) is 9.15. The maximum Gasteiger partial charge on any atom is 0.161 e. The molecule has 0 fully saturated rings. The molecule has 0 N–H and O–H groups in total. The molecule has 0 saturated carbocycles. The molecule has 7 heteroatoms. The van der Waals surface area contributed by atoms with Crippen LogP contribution < -0.4 is 18.9 Å². The molecule has 0 radical (unpaired) electrons. The van der Waals surface area contributed by atoms with E-state index in [9.17, 15) is 5.26 Å². The molecule has 0 spiro atoms. The maximum atomic E-state index is 10.5. The van der Waals surface area contributed by atoms with Gasteiger partial charge < -0.3 is 28.6 Å². The molecule has 0 aliphatic rings. The Kier molecular flexibility index (Phi) is 10.2. The first-order chi connectivity index (χ1) is 16.7. The Morgan fingerprint density at radius 2 is 1.37 bits per heavy atom. The van der Waals surface area contributed by atoms with Crippen molar-refractivity contribution in [3.63, 3.8) is 0 Å². The van der Waals surface area contributed by atoms with Crippen molar-refractivity contribution in [1.82, 2.24) is 4.90 Å². The topological polar surface area (TPSA) is 73.2 Å². The lowest BCUT2D eigenvalue weighted by Gasteiger charge is -2.41. The van der Waals surface area contributed by atoms with Crippen LogP contribution in [0.2, 0.25) is 0 Å². The number of likely N-dealkylation sites (N-methyl/N-ethyl adjacent to an activating group) is 1. The maximum absolute atomic E-state index is 10.5. The van der Waals surface area contributed by atoms with E-state index >= 15 is 0 Å². The van der Waals surface area contributed by atoms with Gasteiger partial charge in [0.15, 0.2) is 23.0 Å². The predicted octanol–water partition coefficient (Wildman–Crippen LogP) is 4.86. The molecular weight excluding hydrogens is 444 g/mol. The Labute approximate surface area is 210 Å². The van der Waals surface area contributed by atoms with Gasteiger partial charge in [0.25, 0.3) is 0 Å². The molecule has 0 aliphatic carbocycles. The number of hydrogen-bond donors (Lipinski definition) is 0. The van der Waals surface area contributed by atoms with Crippen molar-refractivity contribution in [3.8, 4) is 29.1 Å². The van der Waals surface area contributed by atoms with Crippen LogP contribution in [0.15, 0.2) is 36.4 Å². The Morgan fingerprint density at radius 1 is 0.800 bits per heavy atom. The standard InChI is InChI=1S/C28H40N2O5/c1-27(2,35-8)28(20-29,22-11-13-24(32-5)26(19-22)34-7)15-9-16-30(3)17-14-21-10-12-23(31-4)25(18-21)33-6/h10-13,18-19H,9,14-17H2,1-8H3/t28-/m0/s1. The predicted molar refractivity (Wildman–Crippen MR) is 138 cm³/mol. The van der Waals surface area contributed by atoms with Crippen LogP contribution in [0.1, 0.15) is 37.8 Å². The fourth-order valence-electron chi connectivity index (χ4n) is 4.41. The highest BCUT2D eigenvalue weighted by molar-refractivity contribution is 5.48. The highest BCUT2D eigenvalue weighted by atomic mass is 16.5. The molecule has 0 aliphatic heterocycles. The van der Waals surface area contributed by atoms with Crippen LogP contribution in [-0.4, -0.2) is 66.2 Å². The first-order valence-corrected chi connectivity index (χ1v) is 11.8. The fourth-order valence-corrected chi connectivity index (χ4v) is 4.41. The van der Waals surface area contributed by atoms with Gasteiger partial charge in [0.1, 0.15) is 5.41 Å². The third-order valence-corrected chi connectivity index (χ3v) is 6.93. The van der Waals surface area contributed by atoms with Gasteiger partial charge in [-0.2, -0.15) is 5.26 Å². The van der Waals surface area contributed by atoms with Crippen molar-refractivity contribution in [2.45, 2.75) is 44.1 Å². The molecule has 192 valence electrons. The van der Waals surface area contributed by atoms with E-state index in [2.05, 4.69) is 24.1 Å². The molecule has 0 aromatic heterocycles. The summed E-state index contributed by atoms with van der Waals surface area (Å²) in [7, 11) is 10.2. The largest absolute Gasteiger partial charge is 0.493 e. The molecule has 0 heterocycles. The molecule has 35 heavy (non-hydrogen) atoms. The van der Waals surface area contributed by atoms with E-state index in [4.69, 9.17) is 23.7 Å². The third kappa shape index (κ3) is 6.39. The van der Waals surface area contributed by atoms with Crippen molar-refractivity contribution in [2.24, 2.45) is 0 Å². The molecule has 1 atom stereocenters. The highest BCUT2D eigenvalue weighted by Gasteiger charge is 2.47. The second kappa shape index (κ2) is 12.7. The number of nitrogens with zero attached hydrogens (tertiary/aromatic N) is 2. The lowest BCUT2D eigenvalue weighted by molar-refractivity contribution is -0.0308. The molecule has 7 nitrogen and oxygen atoms in total. The van der Waals surface area contributed by atoms with Crippen LogP contribution in [0.25, 0.3) is 0 Å². The Bertz CT molecular complexity index is 1000. The van der Waals surface area contributed by atoms with Crippen LogP contribution in [0, 0.1) is 11.3 Å². The number of hydrogen-bond acceptors (Lipinski definition) is 7. The molecule has 2 rings (SSSR count). The lowest BCUT2D eigenvalue weighted by Crippen LogP contribution is -2.48. The van der Waals surface area contributed by atoms with Gasteiger partial charge in [-0.1, -0.05) is 12.1 Å². The summed E-state index contributed by atoms with van der Waals surface area (Å²) in [5.41, 5.74) is 0.481. The number of ether oxygens (including phenoxy) is 5. The van der Waals surface area contributed by atoms with Gasteiger partial charge >= 0.3 is 0 Å². The molecule has 0 amide bonds. The van der Waals surface area contributed by atoms with Crippen molar-refractivity contribution < 1.29 is 23.7 Å². The number of nitriles is 1. The van der Waals surface area contributed by atoms with Gasteiger partial charge in [-0.3, -0.25) is 0 Å². The van der Waals surface area contributed by atoms with Crippen LogP contribution in [-0.2, 0) is 16.6 Å². The zero-order valence-corrected chi connectivity index (χ0v) is 22.4. The summed E-state index contributed by atoms with van der Waals surface area (Å²) in [4.78, 5) is 2.28. The summed E-state index contributed by atoms with van der Waals surface area (Å²) in [5.74, 6) is 2.70. The zero-order valence-electron chi connectivity index (χ0n) is 22.4. The minimum atomic E-state index is -0.856. The quantitative estimate of drug-likeness (QED) is 0.379. The van der Waals surface area contributed by atoms with Gasteiger partial charge in [-0.05, 0) is 82.1 Å². The minimum Gasteiger partial charge on any atom is -0.493 e. The molecular formula is C28H40N2O5.